The second-order valence-electron chi connectivity index (χ2n) is 3.89. The van der Waals surface area contributed by atoms with Crippen molar-refractivity contribution >= 4 is 23.3 Å². The summed E-state index contributed by atoms with van der Waals surface area (Å²) in [4.78, 5) is 23.1. The molecule has 3 aromatic rings. The summed E-state index contributed by atoms with van der Waals surface area (Å²) in [5.41, 5.74) is 0.674. The number of fused-ring (bicyclic) bond motifs is 1. The maximum absolute atomic E-state index is 12.2. The molecule has 100 valence electrons. The van der Waals surface area contributed by atoms with Crippen LogP contribution in [0.3, 0.4) is 0 Å². The van der Waals surface area contributed by atoms with E-state index in [9.17, 15) is 9.59 Å². The minimum absolute atomic E-state index is 0.0209. The highest BCUT2D eigenvalue weighted by Crippen LogP contribution is 2.13. The van der Waals surface area contributed by atoms with E-state index in [1.165, 1.54) is 10.7 Å². The second-order valence-corrected chi connectivity index (χ2v) is 3.89. The molecule has 3 heterocycles. The SMILES string of the molecule is O=C(O)c1cn[nH]c1NC(=O)c1cccc2nncn12. The smallest absolute Gasteiger partial charge is 0.341 e. The van der Waals surface area contributed by atoms with E-state index in [1.807, 2.05) is 0 Å². The molecule has 0 aliphatic heterocycles. The van der Waals surface area contributed by atoms with Crippen molar-refractivity contribution < 1.29 is 14.7 Å². The summed E-state index contributed by atoms with van der Waals surface area (Å²) < 4.78 is 1.49. The number of carboxylic acid groups (broad SMARTS) is 1. The van der Waals surface area contributed by atoms with Gasteiger partial charge in [0.15, 0.2) is 5.65 Å². The summed E-state index contributed by atoms with van der Waals surface area (Å²) >= 11 is 0. The molecule has 0 fully saturated rings. The predicted molar refractivity (Wildman–Crippen MR) is 66.5 cm³/mol. The Balaban J connectivity index is 1.95. The van der Waals surface area contributed by atoms with E-state index in [0.29, 0.717) is 5.65 Å². The van der Waals surface area contributed by atoms with Gasteiger partial charge in [-0.3, -0.25) is 14.3 Å². The first-order valence-electron chi connectivity index (χ1n) is 5.53. The van der Waals surface area contributed by atoms with E-state index in [0.717, 1.165) is 6.20 Å². The average molecular weight is 272 g/mol. The van der Waals surface area contributed by atoms with Gasteiger partial charge < -0.3 is 10.4 Å². The number of anilines is 1. The van der Waals surface area contributed by atoms with Crippen molar-refractivity contribution in [2.24, 2.45) is 0 Å². The van der Waals surface area contributed by atoms with E-state index in [2.05, 4.69) is 25.7 Å². The number of H-pyrrole nitrogens is 1. The van der Waals surface area contributed by atoms with Crippen LogP contribution >= 0.6 is 0 Å². The van der Waals surface area contributed by atoms with Crippen LogP contribution < -0.4 is 5.32 Å². The first-order valence-corrected chi connectivity index (χ1v) is 5.53. The number of hydrogen-bond donors (Lipinski definition) is 3. The molecule has 20 heavy (non-hydrogen) atoms. The van der Waals surface area contributed by atoms with Gasteiger partial charge in [0.25, 0.3) is 5.91 Å². The van der Waals surface area contributed by atoms with E-state index in [4.69, 9.17) is 5.11 Å². The lowest BCUT2D eigenvalue weighted by molar-refractivity contribution is 0.0698. The van der Waals surface area contributed by atoms with Crippen LogP contribution in [-0.4, -0.2) is 41.8 Å². The number of nitrogens with zero attached hydrogens (tertiary/aromatic N) is 4. The van der Waals surface area contributed by atoms with Gasteiger partial charge in [-0.15, -0.1) is 10.2 Å². The molecular formula is C11H8N6O3. The molecule has 3 N–H and O–H groups in total. The molecule has 0 unspecified atom stereocenters. The molecule has 0 bridgehead atoms. The molecule has 0 aliphatic rings. The van der Waals surface area contributed by atoms with E-state index >= 15 is 0 Å². The fourth-order valence-electron chi connectivity index (χ4n) is 1.76. The van der Waals surface area contributed by atoms with Crippen LogP contribution in [-0.2, 0) is 0 Å². The lowest BCUT2D eigenvalue weighted by atomic mass is 10.3. The lowest BCUT2D eigenvalue weighted by Crippen LogP contribution is -2.17. The number of carboxylic acids is 1. The normalized spacial score (nSPS) is 10.6. The molecule has 0 saturated heterocycles. The summed E-state index contributed by atoms with van der Waals surface area (Å²) in [6.45, 7) is 0. The number of carbonyl (C=O) groups is 2. The van der Waals surface area contributed by atoms with Gasteiger partial charge in [-0.25, -0.2) is 4.79 Å². The maximum Gasteiger partial charge on any atom is 0.341 e. The summed E-state index contributed by atoms with van der Waals surface area (Å²) in [7, 11) is 0. The molecule has 0 spiro atoms. The highest BCUT2D eigenvalue weighted by atomic mass is 16.4. The number of aromatic nitrogens is 5. The predicted octanol–water partition coefficient (Wildman–Crippen LogP) is 0.403. The summed E-state index contributed by atoms with van der Waals surface area (Å²) in [6, 6.07) is 4.93. The zero-order chi connectivity index (χ0) is 14.1. The number of hydrogen-bond acceptors (Lipinski definition) is 5. The van der Waals surface area contributed by atoms with Gasteiger partial charge in [0, 0.05) is 0 Å². The van der Waals surface area contributed by atoms with Crippen LogP contribution in [0.5, 0.6) is 0 Å². The van der Waals surface area contributed by atoms with Gasteiger partial charge in [-0.1, -0.05) is 6.07 Å². The first kappa shape index (κ1) is 11.8. The Labute approximate surface area is 111 Å². The molecule has 0 aromatic carbocycles. The Hall–Kier alpha value is -3.23. The van der Waals surface area contributed by atoms with Gasteiger partial charge in [-0.2, -0.15) is 5.10 Å². The number of carbonyl (C=O) groups excluding carboxylic acids is 1. The van der Waals surface area contributed by atoms with Crippen LogP contribution in [0.15, 0.2) is 30.7 Å². The molecule has 1 amide bonds. The number of aromatic carboxylic acids is 1. The summed E-state index contributed by atoms with van der Waals surface area (Å²) in [5.74, 6) is -1.66. The van der Waals surface area contributed by atoms with Crippen molar-refractivity contribution in [2.45, 2.75) is 0 Å². The average Bonchev–Trinajstić information content (AvgIpc) is 3.05. The van der Waals surface area contributed by atoms with Crippen LogP contribution in [0.2, 0.25) is 0 Å². The standard InChI is InChI=1S/C11H8N6O3/c18-10(14-9-6(11(19)20)4-12-16-9)7-2-1-3-8-15-13-5-17(7)8/h1-5H,(H,19,20)(H2,12,14,16,18). The van der Waals surface area contributed by atoms with Crippen LogP contribution in [0.25, 0.3) is 5.65 Å². The summed E-state index contributed by atoms with van der Waals surface area (Å²) in [5, 5.41) is 24.9. The van der Waals surface area contributed by atoms with Crippen molar-refractivity contribution in [3.8, 4) is 0 Å². The molecule has 0 radical (unpaired) electrons. The van der Waals surface area contributed by atoms with Crippen LogP contribution in [0, 0.1) is 0 Å². The third-order valence-corrected chi connectivity index (χ3v) is 2.67. The quantitative estimate of drug-likeness (QED) is 0.633. The van der Waals surface area contributed by atoms with Gasteiger partial charge in [0.05, 0.1) is 6.20 Å². The van der Waals surface area contributed by atoms with Crippen molar-refractivity contribution in [3.63, 3.8) is 0 Å². The topological polar surface area (TPSA) is 125 Å². The molecule has 0 saturated carbocycles. The molecule has 9 nitrogen and oxygen atoms in total. The van der Waals surface area contributed by atoms with E-state index in [-0.39, 0.29) is 17.1 Å². The number of aromatic amines is 1. The highest BCUT2D eigenvalue weighted by Gasteiger charge is 2.17. The fourth-order valence-corrected chi connectivity index (χ4v) is 1.76. The number of nitrogens with one attached hydrogen (secondary N) is 2. The highest BCUT2D eigenvalue weighted by molar-refractivity contribution is 6.06. The monoisotopic (exact) mass is 272 g/mol. The first-order chi connectivity index (χ1) is 9.66. The molecule has 3 rings (SSSR count). The number of rotatable bonds is 3. The summed E-state index contributed by atoms with van der Waals surface area (Å²) in [6.07, 6.45) is 2.52. The molecule has 0 aliphatic carbocycles. The van der Waals surface area contributed by atoms with Crippen molar-refractivity contribution in [3.05, 3.63) is 42.0 Å². The lowest BCUT2D eigenvalue weighted by Gasteiger charge is -2.05. The second kappa shape index (κ2) is 4.46. The van der Waals surface area contributed by atoms with Gasteiger partial charge >= 0.3 is 5.97 Å². The minimum Gasteiger partial charge on any atom is -0.477 e. The van der Waals surface area contributed by atoms with Crippen molar-refractivity contribution in [2.75, 3.05) is 5.32 Å². The minimum atomic E-state index is -1.18. The Morgan fingerprint density at radius 1 is 1.35 bits per heavy atom. The molecule has 3 aromatic heterocycles. The Kier molecular flexibility index (Phi) is 2.64. The van der Waals surface area contributed by atoms with Crippen LogP contribution in [0.4, 0.5) is 5.82 Å². The molecule has 0 atom stereocenters. The van der Waals surface area contributed by atoms with E-state index in [1.54, 1.807) is 18.2 Å². The van der Waals surface area contributed by atoms with E-state index < -0.39 is 11.9 Å². The zero-order valence-corrected chi connectivity index (χ0v) is 9.94. The molecule has 9 heteroatoms. The van der Waals surface area contributed by atoms with Gasteiger partial charge in [0.2, 0.25) is 0 Å². The Morgan fingerprint density at radius 3 is 3.00 bits per heavy atom. The van der Waals surface area contributed by atoms with Crippen molar-refractivity contribution in [1.29, 1.82) is 0 Å². The van der Waals surface area contributed by atoms with Crippen LogP contribution in [0.1, 0.15) is 20.8 Å². The Morgan fingerprint density at radius 2 is 2.20 bits per heavy atom. The van der Waals surface area contributed by atoms with Gasteiger partial charge in [0.1, 0.15) is 23.4 Å². The number of amides is 1. The maximum atomic E-state index is 12.2. The fraction of sp³-hybridized carbons (Fsp3) is 0. The largest absolute Gasteiger partial charge is 0.477 e. The van der Waals surface area contributed by atoms with Gasteiger partial charge in [-0.05, 0) is 12.1 Å². The molecular weight excluding hydrogens is 264 g/mol. The van der Waals surface area contributed by atoms with Crippen molar-refractivity contribution in [1.82, 2.24) is 24.8 Å². The Bertz CT molecular complexity index is 805. The third-order valence-electron chi connectivity index (χ3n) is 2.67. The zero-order valence-electron chi connectivity index (χ0n) is 9.94. The third kappa shape index (κ3) is 1.86. The number of pyridine rings is 1.